The zero-order chi connectivity index (χ0) is 46.5. The monoisotopic (exact) mass is 1030 g/mol. The first kappa shape index (κ1) is 52.8. The summed E-state index contributed by atoms with van der Waals surface area (Å²) in [6, 6.07) is 19.4. The van der Waals surface area contributed by atoms with E-state index in [9.17, 15) is 18.4 Å². The summed E-state index contributed by atoms with van der Waals surface area (Å²) in [7, 11) is 1.98. The lowest BCUT2D eigenvalue weighted by atomic mass is 10.0. The lowest BCUT2D eigenvalue weighted by Gasteiger charge is -2.21. The molecule has 10 rings (SSSR count). The summed E-state index contributed by atoms with van der Waals surface area (Å²) in [6.45, 7) is 18.7. The van der Waals surface area contributed by atoms with E-state index in [1.807, 2.05) is 55.6 Å². The number of hydrogen-bond donors (Lipinski definition) is 2. The molecule has 4 aromatic carbocycles. The molecule has 0 radical (unpaired) electrons. The molecule has 6 aromatic rings. The predicted molar refractivity (Wildman–Crippen MR) is 286 cm³/mol. The SMILES string of the molecule is C.C.CCCCNC.Cc1cc(-n2c(C(C)C)c(I)c3cc4c(cc32)C=NC4)ccc1F.Cc1cc(-n2c(C(C)C)c(N3CCCC3=O)c3cc4c(cc32)C=NC4)ccc1F.O=C1CCCN1. The highest BCUT2D eigenvalue weighted by molar-refractivity contribution is 14.1. The van der Waals surface area contributed by atoms with Crippen molar-refractivity contribution >= 4 is 74.3 Å². The van der Waals surface area contributed by atoms with Crippen LogP contribution in [-0.4, -0.2) is 60.1 Å². The fraction of sp³-hybridized carbons (Fsp3) is 0.418. The van der Waals surface area contributed by atoms with Crippen molar-refractivity contribution in [2.45, 2.75) is 127 Å². The zero-order valence-corrected chi connectivity index (χ0v) is 41.2. The molecule has 2 amide bonds. The highest BCUT2D eigenvalue weighted by atomic mass is 127. The van der Waals surface area contributed by atoms with Crippen molar-refractivity contribution in [1.82, 2.24) is 19.8 Å². The van der Waals surface area contributed by atoms with Gasteiger partial charge in [-0.15, -0.1) is 0 Å². The number of aliphatic imine (C=N–C) groups is 2. The minimum absolute atomic E-state index is 0. The average molecular weight is 1030 g/mol. The van der Waals surface area contributed by atoms with Crippen LogP contribution in [0.25, 0.3) is 33.2 Å². The topological polar surface area (TPSA) is 96.0 Å². The molecule has 358 valence electrons. The van der Waals surface area contributed by atoms with Crippen molar-refractivity contribution in [2.24, 2.45) is 9.98 Å². The summed E-state index contributed by atoms with van der Waals surface area (Å²) < 4.78 is 33.5. The Kier molecular flexibility index (Phi) is 18.3. The lowest BCUT2D eigenvalue weighted by Crippen LogP contribution is -2.25. The number of carbonyl (C=O) groups excluding carboxylic acids is 2. The summed E-state index contributed by atoms with van der Waals surface area (Å²) in [5.74, 6) is 0.578. The number of halogens is 3. The van der Waals surface area contributed by atoms with E-state index in [0.717, 1.165) is 84.7 Å². The van der Waals surface area contributed by atoms with Crippen molar-refractivity contribution in [1.29, 1.82) is 0 Å². The van der Waals surface area contributed by atoms with Crippen LogP contribution in [-0.2, 0) is 22.7 Å². The van der Waals surface area contributed by atoms with Crippen LogP contribution < -0.4 is 15.5 Å². The third kappa shape index (κ3) is 11.2. The van der Waals surface area contributed by atoms with Gasteiger partial charge in [0.05, 0.1) is 35.5 Å². The largest absolute Gasteiger partial charge is 0.356 e. The molecule has 0 aliphatic carbocycles. The molecule has 67 heavy (non-hydrogen) atoms. The molecule has 2 aromatic heterocycles. The van der Waals surface area contributed by atoms with Gasteiger partial charge in [-0.25, -0.2) is 8.78 Å². The summed E-state index contributed by atoms with van der Waals surface area (Å²) >= 11 is 2.45. The van der Waals surface area contributed by atoms with E-state index in [1.54, 1.807) is 13.0 Å². The zero-order valence-electron chi connectivity index (χ0n) is 39.0. The fourth-order valence-electron chi connectivity index (χ4n) is 8.99. The minimum atomic E-state index is -0.209. The van der Waals surface area contributed by atoms with Gasteiger partial charge >= 0.3 is 0 Å². The van der Waals surface area contributed by atoms with E-state index in [4.69, 9.17) is 0 Å². The molecule has 0 atom stereocenters. The van der Waals surface area contributed by atoms with E-state index in [-0.39, 0.29) is 44.2 Å². The quantitative estimate of drug-likeness (QED) is 0.117. The van der Waals surface area contributed by atoms with Gasteiger partial charge in [-0.1, -0.05) is 55.9 Å². The number of amides is 2. The molecule has 4 aliphatic heterocycles. The molecule has 0 bridgehead atoms. The second kappa shape index (κ2) is 23.2. The molecule has 4 aliphatic rings. The molecular formula is C55H70F2IN7O2. The summed E-state index contributed by atoms with van der Waals surface area (Å²) in [6.07, 6.45) is 9.69. The van der Waals surface area contributed by atoms with Crippen molar-refractivity contribution in [3.05, 3.63) is 121 Å². The van der Waals surface area contributed by atoms with Crippen molar-refractivity contribution in [2.75, 3.05) is 31.6 Å². The molecular weight excluding hydrogens is 956 g/mol. The Bertz CT molecular complexity index is 2790. The highest BCUT2D eigenvalue weighted by Crippen LogP contribution is 2.44. The maximum atomic E-state index is 14.0. The minimum Gasteiger partial charge on any atom is -0.356 e. The average Bonchev–Trinajstić information content (AvgIpc) is 4.16. The van der Waals surface area contributed by atoms with E-state index < -0.39 is 0 Å². The number of nitrogens with zero attached hydrogens (tertiary/aromatic N) is 5. The molecule has 0 unspecified atom stereocenters. The molecule has 6 heterocycles. The standard InChI is InChI=1S/C24H24FN3O.C20H18FIN2.C5H13N.C4H7NO.2CH4/c1-14(2)23-24(27-8-4-5-22(27)29)19-10-16-12-26-13-17(16)11-21(19)28(23)18-6-7-20(25)15(3)9-18;1-11(2)20-19(22)16-7-13-9-23-10-14(13)8-18(16)24(20)15-4-5-17(21)12(3)6-15;1-3-4-5-6-2;6-4-2-1-3-5-4;;/h6-7,9-11,13-14H,4-5,8,12H2,1-3H3;4-8,10-11H,9H2,1-3H3;6H,3-5H2,1-2H3;1-3H2,(H,5,6);2*1H4. The van der Waals surface area contributed by atoms with E-state index in [1.165, 1.54) is 55.8 Å². The van der Waals surface area contributed by atoms with E-state index in [2.05, 4.69) is 111 Å². The van der Waals surface area contributed by atoms with Crippen LogP contribution in [0.15, 0.2) is 70.6 Å². The number of hydrogen-bond acceptors (Lipinski definition) is 5. The molecule has 9 nitrogen and oxygen atoms in total. The van der Waals surface area contributed by atoms with Crippen LogP contribution in [0.3, 0.4) is 0 Å². The number of carbonyl (C=O) groups is 2. The Hall–Kier alpha value is -5.21. The van der Waals surface area contributed by atoms with Crippen molar-refractivity contribution in [3.63, 3.8) is 0 Å². The number of anilines is 1. The second-order valence-electron chi connectivity index (χ2n) is 17.9. The Morgan fingerprint density at radius 1 is 0.746 bits per heavy atom. The predicted octanol–water partition coefficient (Wildman–Crippen LogP) is 13.2. The maximum absolute atomic E-state index is 14.0. The summed E-state index contributed by atoms with van der Waals surface area (Å²) in [5.41, 5.74) is 13.6. The van der Waals surface area contributed by atoms with Gasteiger partial charge in [0.15, 0.2) is 0 Å². The molecule has 12 heteroatoms. The normalized spacial score (nSPS) is 14.3. The third-order valence-electron chi connectivity index (χ3n) is 12.3. The number of aromatic nitrogens is 2. The first-order valence-corrected chi connectivity index (χ1v) is 24.1. The first-order chi connectivity index (χ1) is 31.2. The number of aryl methyl sites for hydroxylation is 2. The number of benzene rings is 4. The maximum Gasteiger partial charge on any atom is 0.227 e. The Labute approximate surface area is 410 Å². The third-order valence-corrected chi connectivity index (χ3v) is 13.5. The van der Waals surface area contributed by atoms with E-state index >= 15 is 0 Å². The number of unbranched alkanes of at least 4 members (excludes halogenated alkanes) is 1. The van der Waals surface area contributed by atoms with Gasteiger partial charge in [0.2, 0.25) is 11.8 Å². The van der Waals surface area contributed by atoms with Gasteiger partial charge < -0.3 is 24.7 Å². The van der Waals surface area contributed by atoms with Gasteiger partial charge in [0.25, 0.3) is 0 Å². The molecule has 2 saturated heterocycles. The second-order valence-corrected chi connectivity index (χ2v) is 19.0. The Balaban J connectivity index is 0.000000198. The molecule has 2 fully saturated rings. The summed E-state index contributed by atoms with van der Waals surface area (Å²) in [4.78, 5) is 33.6. The van der Waals surface area contributed by atoms with Crippen LogP contribution in [0.4, 0.5) is 14.5 Å². The van der Waals surface area contributed by atoms with Crippen LogP contribution in [0.1, 0.15) is 145 Å². The van der Waals surface area contributed by atoms with Gasteiger partial charge in [0, 0.05) is 69.8 Å². The van der Waals surface area contributed by atoms with Crippen LogP contribution in [0, 0.1) is 29.1 Å². The summed E-state index contributed by atoms with van der Waals surface area (Å²) in [5, 5.41) is 8.08. The van der Waals surface area contributed by atoms with Crippen LogP contribution in [0.5, 0.6) is 0 Å². The van der Waals surface area contributed by atoms with Crippen molar-refractivity contribution in [3.8, 4) is 11.4 Å². The fourth-order valence-corrected chi connectivity index (χ4v) is 10.3. The van der Waals surface area contributed by atoms with E-state index in [0.29, 0.717) is 30.0 Å². The van der Waals surface area contributed by atoms with Gasteiger partial charge in [-0.05, 0) is 175 Å². The number of fused-ring (bicyclic) bond motifs is 4. The van der Waals surface area contributed by atoms with Gasteiger partial charge in [-0.2, -0.15) is 0 Å². The number of rotatable bonds is 8. The molecule has 0 saturated carbocycles. The van der Waals surface area contributed by atoms with Crippen LogP contribution >= 0.6 is 22.6 Å². The first-order valence-electron chi connectivity index (χ1n) is 23.1. The Morgan fingerprint density at radius 3 is 1.70 bits per heavy atom. The lowest BCUT2D eigenvalue weighted by molar-refractivity contribution is -0.119. The number of nitrogens with one attached hydrogen (secondary N) is 2. The molecule has 0 spiro atoms. The smallest absolute Gasteiger partial charge is 0.227 e. The van der Waals surface area contributed by atoms with Gasteiger partial charge in [-0.3, -0.25) is 19.6 Å². The van der Waals surface area contributed by atoms with Crippen molar-refractivity contribution < 1.29 is 18.4 Å². The molecule has 2 N–H and O–H groups in total. The van der Waals surface area contributed by atoms with Crippen LogP contribution in [0.2, 0.25) is 0 Å². The van der Waals surface area contributed by atoms with Gasteiger partial charge in [0.1, 0.15) is 11.6 Å². The highest BCUT2D eigenvalue weighted by Gasteiger charge is 2.32. The Morgan fingerprint density at radius 2 is 1.28 bits per heavy atom.